The Morgan fingerprint density at radius 1 is 1.33 bits per heavy atom. The number of hydrogen-bond acceptors (Lipinski definition) is 4. The van der Waals surface area contributed by atoms with Crippen molar-refractivity contribution in [3.05, 3.63) is 40.7 Å². The van der Waals surface area contributed by atoms with E-state index in [-0.39, 0.29) is 0 Å². The van der Waals surface area contributed by atoms with Crippen LogP contribution in [0.15, 0.2) is 33.9 Å². The van der Waals surface area contributed by atoms with E-state index in [0.29, 0.717) is 0 Å². The van der Waals surface area contributed by atoms with Crippen LogP contribution in [0.1, 0.15) is 11.5 Å². The van der Waals surface area contributed by atoms with Gasteiger partial charge in [-0.1, -0.05) is 35.5 Å². The van der Waals surface area contributed by atoms with Crippen LogP contribution in [0.3, 0.4) is 0 Å². The zero-order valence-corrected chi connectivity index (χ0v) is 11.9. The van der Waals surface area contributed by atoms with Crippen LogP contribution in [0.4, 0.5) is 5.69 Å². The van der Waals surface area contributed by atoms with Gasteiger partial charge in [-0.25, -0.2) is 4.98 Å². The highest BCUT2D eigenvalue weighted by Gasteiger charge is 2.05. The highest BCUT2D eigenvalue weighted by atomic mass is 35.5. The molecule has 5 heteroatoms. The molecule has 0 spiro atoms. The maximum absolute atomic E-state index is 6.04. The monoisotopic (exact) mass is 282 g/mol. The Hall–Kier alpha value is -1.13. The second-order valence-electron chi connectivity index (χ2n) is 3.88. The number of aryl methyl sites for hydroxylation is 2. The third-order valence-electron chi connectivity index (χ3n) is 2.53. The lowest BCUT2D eigenvalue weighted by atomic mass is 10.3. The Bertz CT molecular complexity index is 508. The largest absolute Gasteiger partial charge is 0.437 e. The topological polar surface area (TPSA) is 38.1 Å². The van der Waals surface area contributed by atoms with E-state index in [2.05, 4.69) is 10.3 Å². The van der Waals surface area contributed by atoms with E-state index in [1.54, 1.807) is 11.8 Å². The number of para-hydroxylation sites is 1. The van der Waals surface area contributed by atoms with Gasteiger partial charge in [0.25, 0.3) is 5.22 Å². The molecule has 96 valence electrons. The van der Waals surface area contributed by atoms with Crippen molar-refractivity contribution in [2.75, 3.05) is 17.6 Å². The predicted molar refractivity (Wildman–Crippen MR) is 76.6 cm³/mol. The summed E-state index contributed by atoms with van der Waals surface area (Å²) in [5.74, 6) is 1.77. The minimum Gasteiger partial charge on any atom is -0.437 e. The molecule has 0 bridgehead atoms. The quantitative estimate of drug-likeness (QED) is 0.660. The van der Waals surface area contributed by atoms with Crippen LogP contribution in [-0.2, 0) is 0 Å². The van der Waals surface area contributed by atoms with Crippen LogP contribution >= 0.6 is 23.4 Å². The average molecular weight is 283 g/mol. The molecule has 18 heavy (non-hydrogen) atoms. The molecule has 0 amide bonds. The van der Waals surface area contributed by atoms with E-state index in [0.717, 1.165) is 39.7 Å². The summed E-state index contributed by atoms with van der Waals surface area (Å²) in [6, 6.07) is 7.72. The molecule has 0 unspecified atom stereocenters. The Morgan fingerprint density at radius 2 is 2.11 bits per heavy atom. The molecule has 0 fully saturated rings. The van der Waals surface area contributed by atoms with Crippen molar-refractivity contribution in [2.45, 2.75) is 19.1 Å². The van der Waals surface area contributed by atoms with Crippen molar-refractivity contribution in [3.8, 4) is 0 Å². The Morgan fingerprint density at radius 3 is 2.78 bits per heavy atom. The fourth-order valence-electron chi connectivity index (χ4n) is 1.43. The summed E-state index contributed by atoms with van der Waals surface area (Å²) in [4.78, 5) is 4.31. The van der Waals surface area contributed by atoms with E-state index >= 15 is 0 Å². The van der Waals surface area contributed by atoms with Gasteiger partial charge in [0, 0.05) is 12.3 Å². The van der Waals surface area contributed by atoms with E-state index in [4.69, 9.17) is 16.0 Å². The Balaban J connectivity index is 1.78. The first-order chi connectivity index (χ1) is 8.66. The number of nitrogens with zero attached hydrogens (tertiary/aromatic N) is 1. The lowest BCUT2D eigenvalue weighted by molar-refractivity contribution is 0.431. The lowest BCUT2D eigenvalue weighted by Gasteiger charge is -2.06. The smallest absolute Gasteiger partial charge is 0.256 e. The number of anilines is 1. The number of oxazole rings is 1. The van der Waals surface area contributed by atoms with E-state index in [9.17, 15) is 0 Å². The summed E-state index contributed by atoms with van der Waals surface area (Å²) in [5.41, 5.74) is 1.91. The highest BCUT2D eigenvalue weighted by molar-refractivity contribution is 7.99. The van der Waals surface area contributed by atoms with Crippen molar-refractivity contribution < 1.29 is 4.42 Å². The Kier molecular flexibility index (Phi) is 4.55. The van der Waals surface area contributed by atoms with Gasteiger partial charge < -0.3 is 9.73 Å². The van der Waals surface area contributed by atoms with E-state index in [1.165, 1.54) is 0 Å². The first-order valence-corrected chi connectivity index (χ1v) is 7.08. The Labute approximate surface area is 116 Å². The molecule has 2 aromatic rings. The van der Waals surface area contributed by atoms with Gasteiger partial charge in [0.2, 0.25) is 0 Å². The molecule has 0 radical (unpaired) electrons. The third-order valence-corrected chi connectivity index (χ3v) is 3.69. The second-order valence-corrected chi connectivity index (χ2v) is 5.33. The van der Waals surface area contributed by atoms with Gasteiger partial charge in [0.1, 0.15) is 5.76 Å². The lowest BCUT2D eigenvalue weighted by Crippen LogP contribution is -2.04. The van der Waals surface area contributed by atoms with Gasteiger partial charge in [0.15, 0.2) is 0 Å². The van der Waals surface area contributed by atoms with Crippen LogP contribution in [0, 0.1) is 13.8 Å². The first-order valence-electron chi connectivity index (χ1n) is 5.72. The van der Waals surface area contributed by atoms with Crippen molar-refractivity contribution in [1.82, 2.24) is 4.98 Å². The van der Waals surface area contributed by atoms with Crippen LogP contribution < -0.4 is 5.32 Å². The third kappa shape index (κ3) is 3.43. The summed E-state index contributed by atoms with van der Waals surface area (Å²) in [6.45, 7) is 4.69. The van der Waals surface area contributed by atoms with Crippen molar-refractivity contribution in [1.29, 1.82) is 0 Å². The predicted octanol–water partition coefficient (Wildman–Crippen LogP) is 4.15. The first kappa shape index (κ1) is 13.3. The molecule has 2 rings (SSSR count). The van der Waals surface area contributed by atoms with Gasteiger partial charge in [-0.3, -0.25) is 0 Å². The summed E-state index contributed by atoms with van der Waals surface area (Å²) >= 11 is 7.64. The van der Waals surface area contributed by atoms with Crippen molar-refractivity contribution in [3.63, 3.8) is 0 Å². The summed E-state index contributed by atoms with van der Waals surface area (Å²) < 4.78 is 5.49. The average Bonchev–Trinajstić information content (AvgIpc) is 2.66. The normalized spacial score (nSPS) is 10.6. The molecular weight excluding hydrogens is 268 g/mol. The maximum Gasteiger partial charge on any atom is 0.256 e. The summed E-state index contributed by atoms with van der Waals surface area (Å²) in [7, 11) is 0. The molecule has 1 heterocycles. The van der Waals surface area contributed by atoms with Crippen LogP contribution in [0.25, 0.3) is 0 Å². The number of hydrogen-bond donors (Lipinski definition) is 1. The molecule has 0 aliphatic carbocycles. The zero-order chi connectivity index (χ0) is 13.0. The van der Waals surface area contributed by atoms with Gasteiger partial charge in [-0.15, -0.1) is 0 Å². The minimum absolute atomic E-state index is 0.728. The number of halogens is 1. The number of benzene rings is 1. The van der Waals surface area contributed by atoms with Gasteiger partial charge in [0.05, 0.1) is 16.4 Å². The highest BCUT2D eigenvalue weighted by Crippen LogP contribution is 2.22. The van der Waals surface area contributed by atoms with Crippen molar-refractivity contribution in [2.24, 2.45) is 0 Å². The van der Waals surface area contributed by atoms with Gasteiger partial charge in [-0.05, 0) is 26.0 Å². The molecular formula is C13H15ClN2OS. The number of rotatable bonds is 5. The second kappa shape index (κ2) is 6.16. The molecule has 3 nitrogen and oxygen atoms in total. The molecule has 1 aromatic carbocycles. The number of nitrogens with one attached hydrogen (secondary N) is 1. The molecule has 1 N–H and O–H groups in total. The molecule has 0 atom stereocenters. The van der Waals surface area contributed by atoms with Crippen LogP contribution in [0.2, 0.25) is 5.02 Å². The fraction of sp³-hybridized carbons (Fsp3) is 0.308. The molecule has 1 aromatic heterocycles. The van der Waals surface area contributed by atoms with Crippen LogP contribution in [0.5, 0.6) is 0 Å². The van der Waals surface area contributed by atoms with E-state index < -0.39 is 0 Å². The summed E-state index contributed by atoms with van der Waals surface area (Å²) in [6.07, 6.45) is 0. The van der Waals surface area contributed by atoms with Crippen molar-refractivity contribution >= 4 is 29.1 Å². The van der Waals surface area contributed by atoms with Crippen LogP contribution in [-0.4, -0.2) is 17.3 Å². The SMILES string of the molecule is Cc1nc(SCCNc2ccccc2Cl)oc1C. The van der Waals surface area contributed by atoms with Gasteiger partial charge in [-0.2, -0.15) is 0 Å². The minimum atomic E-state index is 0.728. The van der Waals surface area contributed by atoms with E-state index in [1.807, 2.05) is 38.1 Å². The maximum atomic E-state index is 6.04. The zero-order valence-electron chi connectivity index (χ0n) is 10.4. The molecule has 0 aliphatic rings. The molecule has 0 saturated heterocycles. The number of thioether (sulfide) groups is 1. The molecule has 0 aliphatic heterocycles. The fourth-order valence-corrected chi connectivity index (χ4v) is 2.40. The van der Waals surface area contributed by atoms with Gasteiger partial charge >= 0.3 is 0 Å². The standard InChI is InChI=1S/C13H15ClN2OS/c1-9-10(2)17-13(16-9)18-8-7-15-12-6-4-3-5-11(12)14/h3-6,15H,7-8H2,1-2H3. The number of aromatic nitrogens is 1. The molecule has 0 saturated carbocycles. The summed E-state index contributed by atoms with van der Waals surface area (Å²) in [5, 5.41) is 4.75.